The van der Waals surface area contributed by atoms with E-state index in [1.165, 1.54) is 31.2 Å². The molecular weight excluding hydrogens is 260 g/mol. The van der Waals surface area contributed by atoms with Crippen molar-refractivity contribution >= 4 is 0 Å². The molecule has 0 aromatic heterocycles. The van der Waals surface area contributed by atoms with Gasteiger partial charge in [0.1, 0.15) is 5.75 Å². The van der Waals surface area contributed by atoms with E-state index in [2.05, 4.69) is 37.9 Å². The Morgan fingerprint density at radius 2 is 1.86 bits per heavy atom. The molecule has 1 unspecified atom stereocenters. The molecular formula is C18H30N2O. The van der Waals surface area contributed by atoms with Gasteiger partial charge >= 0.3 is 0 Å². The first-order chi connectivity index (χ1) is 9.91. The second-order valence-corrected chi connectivity index (χ2v) is 7.33. The third-order valence-electron chi connectivity index (χ3n) is 5.07. The molecule has 0 aliphatic heterocycles. The van der Waals surface area contributed by atoms with Crippen LogP contribution in [0.3, 0.4) is 0 Å². The Morgan fingerprint density at radius 1 is 1.19 bits per heavy atom. The number of nitrogens with zero attached hydrogens (tertiary/aromatic N) is 1. The Balaban J connectivity index is 2.10. The van der Waals surface area contributed by atoms with Crippen LogP contribution in [0.25, 0.3) is 0 Å². The summed E-state index contributed by atoms with van der Waals surface area (Å²) >= 11 is 0. The normalized spacial score (nSPS) is 25.0. The lowest BCUT2D eigenvalue weighted by molar-refractivity contribution is 0.0223. The molecule has 1 aliphatic rings. The smallest absolute Gasteiger partial charge is 0.118 e. The SMILES string of the molecule is COc1ccc(CN(C)C2(CN)CCCC(C)(C)C2)cc1. The number of likely N-dealkylation sites (N-methyl/N-ethyl adjacent to an activating group) is 1. The van der Waals surface area contributed by atoms with E-state index in [-0.39, 0.29) is 5.54 Å². The van der Waals surface area contributed by atoms with E-state index in [4.69, 9.17) is 10.5 Å². The summed E-state index contributed by atoms with van der Waals surface area (Å²) in [4.78, 5) is 2.47. The van der Waals surface area contributed by atoms with Crippen LogP contribution in [0.4, 0.5) is 0 Å². The Bertz CT molecular complexity index is 455. The molecule has 0 radical (unpaired) electrons. The average molecular weight is 290 g/mol. The summed E-state index contributed by atoms with van der Waals surface area (Å²) in [6.07, 6.45) is 4.98. The molecule has 0 bridgehead atoms. The molecule has 118 valence electrons. The van der Waals surface area contributed by atoms with Crippen LogP contribution in [0.15, 0.2) is 24.3 Å². The van der Waals surface area contributed by atoms with Crippen molar-refractivity contribution in [2.45, 2.75) is 51.6 Å². The first kappa shape index (κ1) is 16.3. The van der Waals surface area contributed by atoms with E-state index in [0.29, 0.717) is 5.41 Å². The standard InChI is InChI=1S/C18H30N2O/c1-17(2)10-5-11-18(13-17,14-19)20(3)12-15-6-8-16(21-4)9-7-15/h6-9H,5,10-14,19H2,1-4H3. The van der Waals surface area contributed by atoms with Gasteiger partial charge in [-0.25, -0.2) is 0 Å². The third kappa shape index (κ3) is 3.78. The molecule has 1 atom stereocenters. The maximum Gasteiger partial charge on any atom is 0.118 e. The van der Waals surface area contributed by atoms with Gasteiger partial charge in [0.25, 0.3) is 0 Å². The fraction of sp³-hybridized carbons (Fsp3) is 0.667. The van der Waals surface area contributed by atoms with E-state index >= 15 is 0 Å². The first-order valence-corrected chi connectivity index (χ1v) is 7.95. The number of hydrogen-bond donors (Lipinski definition) is 1. The first-order valence-electron chi connectivity index (χ1n) is 7.95. The van der Waals surface area contributed by atoms with E-state index in [1.54, 1.807) is 7.11 Å². The number of hydrogen-bond acceptors (Lipinski definition) is 3. The Hall–Kier alpha value is -1.06. The number of methoxy groups -OCH3 is 1. The van der Waals surface area contributed by atoms with Crippen LogP contribution in [0, 0.1) is 5.41 Å². The maximum atomic E-state index is 6.20. The van der Waals surface area contributed by atoms with Gasteiger partial charge in [-0.1, -0.05) is 32.4 Å². The van der Waals surface area contributed by atoms with E-state index in [0.717, 1.165) is 18.8 Å². The van der Waals surface area contributed by atoms with Crippen LogP contribution in [0.5, 0.6) is 5.75 Å². The predicted octanol–water partition coefficient (Wildman–Crippen LogP) is 3.42. The Kier molecular flexibility index (Phi) is 4.95. The van der Waals surface area contributed by atoms with Crippen molar-refractivity contribution in [3.05, 3.63) is 29.8 Å². The van der Waals surface area contributed by atoms with Crippen LogP contribution >= 0.6 is 0 Å². The zero-order chi connectivity index (χ0) is 15.5. The molecule has 0 heterocycles. The molecule has 21 heavy (non-hydrogen) atoms. The van der Waals surface area contributed by atoms with Crippen molar-refractivity contribution in [1.82, 2.24) is 4.90 Å². The number of ether oxygens (including phenoxy) is 1. The summed E-state index contributed by atoms with van der Waals surface area (Å²) in [5, 5.41) is 0. The fourth-order valence-corrected chi connectivity index (χ4v) is 3.79. The van der Waals surface area contributed by atoms with Crippen molar-refractivity contribution in [3.63, 3.8) is 0 Å². The predicted molar refractivity (Wildman–Crippen MR) is 88.5 cm³/mol. The minimum absolute atomic E-state index is 0.141. The van der Waals surface area contributed by atoms with Crippen LogP contribution < -0.4 is 10.5 Å². The lowest BCUT2D eigenvalue weighted by Crippen LogP contribution is -2.55. The lowest BCUT2D eigenvalue weighted by Gasteiger charge is -2.49. The largest absolute Gasteiger partial charge is 0.497 e. The molecule has 1 aromatic rings. The molecule has 2 rings (SSSR count). The Labute approximate surface area is 129 Å². The van der Waals surface area contributed by atoms with Gasteiger partial charge in [-0.15, -0.1) is 0 Å². The second-order valence-electron chi connectivity index (χ2n) is 7.33. The highest BCUT2D eigenvalue weighted by Gasteiger charge is 2.41. The highest BCUT2D eigenvalue weighted by atomic mass is 16.5. The van der Waals surface area contributed by atoms with Crippen LogP contribution in [-0.4, -0.2) is 31.1 Å². The van der Waals surface area contributed by atoms with Crippen molar-refractivity contribution in [1.29, 1.82) is 0 Å². The van der Waals surface area contributed by atoms with Gasteiger partial charge < -0.3 is 10.5 Å². The average Bonchev–Trinajstić information content (AvgIpc) is 2.46. The summed E-state index contributed by atoms with van der Waals surface area (Å²) < 4.78 is 5.23. The Morgan fingerprint density at radius 3 is 2.38 bits per heavy atom. The van der Waals surface area contributed by atoms with Gasteiger partial charge in [0, 0.05) is 18.6 Å². The van der Waals surface area contributed by atoms with Crippen molar-refractivity contribution in [2.75, 3.05) is 20.7 Å². The zero-order valence-electron chi connectivity index (χ0n) is 14.0. The van der Waals surface area contributed by atoms with Gasteiger partial charge in [-0.2, -0.15) is 0 Å². The third-order valence-corrected chi connectivity index (χ3v) is 5.07. The van der Waals surface area contributed by atoms with Crippen molar-refractivity contribution in [2.24, 2.45) is 11.1 Å². The van der Waals surface area contributed by atoms with Gasteiger partial charge in [0.05, 0.1) is 7.11 Å². The minimum Gasteiger partial charge on any atom is -0.497 e. The lowest BCUT2D eigenvalue weighted by atomic mass is 9.67. The molecule has 1 aliphatic carbocycles. The van der Waals surface area contributed by atoms with Crippen LogP contribution in [-0.2, 0) is 6.54 Å². The zero-order valence-corrected chi connectivity index (χ0v) is 14.0. The van der Waals surface area contributed by atoms with E-state index in [9.17, 15) is 0 Å². The molecule has 0 amide bonds. The summed E-state index contributed by atoms with van der Waals surface area (Å²) in [5.74, 6) is 0.911. The fourth-order valence-electron chi connectivity index (χ4n) is 3.79. The highest BCUT2D eigenvalue weighted by molar-refractivity contribution is 5.27. The molecule has 0 saturated heterocycles. The summed E-state index contributed by atoms with van der Waals surface area (Å²) in [7, 11) is 3.92. The molecule has 1 aromatic carbocycles. The summed E-state index contributed by atoms with van der Waals surface area (Å²) in [6, 6.07) is 8.35. The molecule has 1 fully saturated rings. The molecule has 2 N–H and O–H groups in total. The maximum absolute atomic E-state index is 6.20. The van der Waals surface area contributed by atoms with Crippen LogP contribution in [0.2, 0.25) is 0 Å². The molecule has 0 spiro atoms. The highest BCUT2D eigenvalue weighted by Crippen LogP contribution is 2.43. The van der Waals surface area contributed by atoms with Crippen LogP contribution in [0.1, 0.15) is 45.1 Å². The van der Waals surface area contributed by atoms with Crippen molar-refractivity contribution in [3.8, 4) is 5.75 Å². The summed E-state index contributed by atoms with van der Waals surface area (Å²) in [6.45, 7) is 6.43. The van der Waals surface area contributed by atoms with Gasteiger partial charge in [-0.3, -0.25) is 4.90 Å². The molecule has 3 heteroatoms. The molecule has 1 saturated carbocycles. The second kappa shape index (κ2) is 6.37. The van der Waals surface area contributed by atoms with Gasteiger partial charge in [0.15, 0.2) is 0 Å². The number of rotatable bonds is 5. The number of nitrogens with two attached hydrogens (primary N) is 1. The molecule has 3 nitrogen and oxygen atoms in total. The minimum atomic E-state index is 0.141. The monoisotopic (exact) mass is 290 g/mol. The van der Waals surface area contributed by atoms with E-state index < -0.39 is 0 Å². The van der Waals surface area contributed by atoms with Gasteiger partial charge in [0.2, 0.25) is 0 Å². The van der Waals surface area contributed by atoms with Crippen molar-refractivity contribution < 1.29 is 4.74 Å². The topological polar surface area (TPSA) is 38.5 Å². The summed E-state index contributed by atoms with van der Waals surface area (Å²) in [5.41, 5.74) is 8.05. The quantitative estimate of drug-likeness (QED) is 0.903. The van der Waals surface area contributed by atoms with E-state index in [1.807, 2.05) is 12.1 Å². The number of benzene rings is 1. The van der Waals surface area contributed by atoms with Gasteiger partial charge in [-0.05, 0) is 49.4 Å².